The molecule has 0 aliphatic carbocycles. The molecular formula is C2H6N4O2S. The van der Waals surface area contributed by atoms with Crippen molar-refractivity contribution in [1.82, 2.24) is 0 Å². The second-order valence-electron chi connectivity index (χ2n) is 0.969. The van der Waals surface area contributed by atoms with E-state index < -0.39 is 11.1 Å². The molecule has 0 aliphatic heterocycles. The fourth-order valence-corrected chi connectivity index (χ4v) is 0.304. The standard InChI is InChI=1S/C2H6N4O2S/c3-1-9(7)8-6-2(4)5/h1,3H,(H4,4,5,6). The summed E-state index contributed by atoms with van der Waals surface area (Å²) in [6.07, 6.45) is 0. The molecule has 0 aliphatic rings. The maximum atomic E-state index is 10.1. The Morgan fingerprint density at radius 1 is 1.78 bits per heavy atom. The van der Waals surface area contributed by atoms with Crippen molar-refractivity contribution < 1.29 is 8.49 Å². The smallest absolute Gasteiger partial charge is 0.275 e. The van der Waals surface area contributed by atoms with Gasteiger partial charge < -0.3 is 11.5 Å². The van der Waals surface area contributed by atoms with Gasteiger partial charge in [-0.1, -0.05) is 0 Å². The van der Waals surface area contributed by atoms with Crippen LogP contribution in [0.4, 0.5) is 0 Å². The number of guanidine groups is 1. The highest BCUT2D eigenvalue weighted by Crippen LogP contribution is 1.78. The Balaban J connectivity index is 3.63. The normalized spacial score (nSPS) is 11.6. The fourth-order valence-electron chi connectivity index (χ4n) is 0.101. The molecule has 0 radical (unpaired) electrons. The van der Waals surface area contributed by atoms with E-state index in [4.69, 9.17) is 16.9 Å². The monoisotopic (exact) mass is 150 g/mol. The molecule has 1 unspecified atom stereocenters. The zero-order valence-electron chi connectivity index (χ0n) is 4.40. The Kier molecular flexibility index (Phi) is 3.37. The number of nitrogens with two attached hydrogens (primary N) is 2. The molecule has 0 amide bonds. The van der Waals surface area contributed by atoms with E-state index in [1.165, 1.54) is 0 Å². The molecular weight excluding hydrogens is 144 g/mol. The first kappa shape index (κ1) is 7.89. The number of hydrogen-bond acceptors (Lipinski definition) is 4. The van der Waals surface area contributed by atoms with Crippen LogP contribution in [-0.2, 0) is 15.4 Å². The summed E-state index contributed by atoms with van der Waals surface area (Å²) in [4.78, 5) is 0. The first-order valence-corrected chi connectivity index (χ1v) is 2.98. The number of rotatable bonds is 3. The highest BCUT2D eigenvalue weighted by Gasteiger charge is 1.89. The predicted octanol–water partition coefficient (Wildman–Crippen LogP) is -1.54. The Hall–Kier alpha value is -1.11. The zero-order valence-corrected chi connectivity index (χ0v) is 5.22. The molecule has 0 fully saturated rings. The van der Waals surface area contributed by atoms with E-state index in [0.717, 1.165) is 0 Å². The molecule has 6 nitrogen and oxygen atoms in total. The van der Waals surface area contributed by atoms with Crippen LogP contribution in [0.1, 0.15) is 0 Å². The first-order chi connectivity index (χ1) is 4.16. The van der Waals surface area contributed by atoms with Crippen molar-refractivity contribution >= 4 is 22.6 Å². The second-order valence-corrected chi connectivity index (χ2v) is 1.87. The van der Waals surface area contributed by atoms with E-state index in [9.17, 15) is 4.21 Å². The average Bonchev–Trinajstić information content (AvgIpc) is 1.83. The lowest BCUT2D eigenvalue weighted by atomic mass is 11.1. The van der Waals surface area contributed by atoms with Gasteiger partial charge in [-0.05, 0) is 5.16 Å². The van der Waals surface area contributed by atoms with Crippen molar-refractivity contribution in [2.24, 2.45) is 16.6 Å². The van der Waals surface area contributed by atoms with Crippen LogP contribution < -0.4 is 11.5 Å². The van der Waals surface area contributed by atoms with Crippen molar-refractivity contribution in [3.8, 4) is 0 Å². The molecule has 0 heterocycles. The maximum Gasteiger partial charge on any atom is 0.275 e. The topological polar surface area (TPSA) is 115 Å². The fraction of sp³-hybridized carbons (Fsp3) is 0. The molecule has 0 aromatic rings. The van der Waals surface area contributed by atoms with Crippen molar-refractivity contribution in [3.63, 3.8) is 0 Å². The van der Waals surface area contributed by atoms with Gasteiger partial charge in [0.25, 0.3) is 11.1 Å². The zero-order chi connectivity index (χ0) is 7.28. The first-order valence-electron chi connectivity index (χ1n) is 1.84. The lowest BCUT2D eigenvalue weighted by molar-refractivity contribution is 0.380. The van der Waals surface area contributed by atoms with E-state index in [-0.39, 0.29) is 5.96 Å². The lowest BCUT2D eigenvalue weighted by Crippen LogP contribution is -2.23. The summed E-state index contributed by atoms with van der Waals surface area (Å²) >= 11 is -1.85. The summed E-state index contributed by atoms with van der Waals surface area (Å²) in [5.74, 6) is -0.329. The lowest BCUT2D eigenvalue weighted by Gasteiger charge is -1.88. The summed E-state index contributed by atoms with van der Waals surface area (Å²) in [6.45, 7) is 0. The molecule has 0 saturated carbocycles. The molecule has 9 heavy (non-hydrogen) atoms. The predicted molar refractivity (Wildman–Crippen MR) is 33.8 cm³/mol. The molecule has 0 bridgehead atoms. The van der Waals surface area contributed by atoms with E-state index in [1.807, 2.05) is 0 Å². The van der Waals surface area contributed by atoms with Crippen LogP contribution in [0.2, 0.25) is 0 Å². The van der Waals surface area contributed by atoms with Crippen LogP contribution >= 0.6 is 0 Å². The van der Waals surface area contributed by atoms with Crippen LogP contribution in [0.3, 0.4) is 0 Å². The van der Waals surface area contributed by atoms with E-state index >= 15 is 0 Å². The van der Waals surface area contributed by atoms with Crippen LogP contribution in [-0.4, -0.2) is 15.7 Å². The molecule has 1 atom stereocenters. The third kappa shape index (κ3) is 4.75. The third-order valence-corrected chi connectivity index (χ3v) is 0.726. The summed E-state index contributed by atoms with van der Waals surface area (Å²) in [5, 5.41) is 9.27. The molecule has 5 N–H and O–H groups in total. The van der Waals surface area contributed by atoms with Crippen molar-refractivity contribution in [1.29, 1.82) is 5.41 Å². The largest absolute Gasteiger partial charge is 0.367 e. The van der Waals surface area contributed by atoms with Gasteiger partial charge in [0.1, 0.15) is 5.55 Å². The van der Waals surface area contributed by atoms with Gasteiger partial charge in [0.15, 0.2) is 0 Å². The molecule has 0 spiro atoms. The summed E-state index contributed by atoms with van der Waals surface area (Å²) in [5.41, 5.74) is 10.1. The van der Waals surface area contributed by atoms with Gasteiger partial charge in [-0.3, -0.25) is 9.69 Å². The second kappa shape index (κ2) is 3.84. The van der Waals surface area contributed by atoms with Crippen molar-refractivity contribution in [2.45, 2.75) is 0 Å². The average molecular weight is 150 g/mol. The quantitative estimate of drug-likeness (QED) is 0.257. The number of nitrogens with one attached hydrogen (secondary N) is 1. The third-order valence-electron chi connectivity index (χ3n) is 0.312. The maximum absolute atomic E-state index is 10.1. The van der Waals surface area contributed by atoms with Gasteiger partial charge in [0, 0.05) is 0 Å². The molecule has 52 valence electrons. The number of hydrogen-bond donors (Lipinski definition) is 3. The molecule has 0 saturated heterocycles. The highest BCUT2D eigenvalue weighted by atomic mass is 32.2. The minimum absolute atomic E-state index is 0.329. The van der Waals surface area contributed by atoms with Gasteiger partial charge in [-0.2, -0.15) is 0 Å². The summed E-state index contributed by atoms with van der Waals surface area (Å²) < 4.78 is 14.2. The Labute approximate surface area is 54.0 Å². The number of nitrogens with zero attached hydrogens (tertiary/aromatic N) is 1. The van der Waals surface area contributed by atoms with E-state index in [2.05, 4.69) is 9.44 Å². The van der Waals surface area contributed by atoms with Gasteiger partial charge in [0.2, 0.25) is 5.96 Å². The molecule has 0 aromatic carbocycles. The van der Waals surface area contributed by atoms with Crippen molar-refractivity contribution in [2.75, 3.05) is 0 Å². The number of oxime groups is 1. The highest BCUT2D eigenvalue weighted by molar-refractivity contribution is 7.94. The summed E-state index contributed by atoms with van der Waals surface area (Å²) in [7, 11) is 0. The van der Waals surface area contributed by atoms with Crippen LogP contribution in [0.25, 0.3) is 0 Å². The molecule has 0 rings (SSSR count). The SMILES string of the molecule is N=CS(=O)ON=C(N)N. The molecule has 7 heteroatoms. The Morgan fingerprint density at radius 3 is 2.67 bits per heavy atom. The summed E-state index contributed by atoms with van der Waals surface area (Å²) in [6, 6.07) is 0. The van der Waals surface area contributed by atoms with Gasteiger partial charge in [-0.15, -0.1) is 0 Å². The Bertz CT molecular complexity index is 151. The minimum Gasteiger partial charge on any atom is -0.367 e. The minimum atomic E-state index is -1.85. The van der Waals surface area contributed by atoms with Crippen molar-refractivity contribution in [3.05, 3.63) is 0 Å². The molecule has 0 aromatic heterocycles. The van der Waals surface area contributed by atoms with E-state index in [0.29, 0.717) is 5.55 Å². The Morgan fingerprint density at radius 2 is 2.33 bits per heavy atom. The van der Waals surface area contributed by atoms with E-state index in [1.54, 1.807) is 0 Å². The van der Waals surface area contributed by atoms with Gasteiger partial charge >= 0.3 is 0 Å². The van der Waals surface area contributed by atoms with Gasteiger partial charge in [-0.25, -0.2) is 4.21 Å². The van der Waals surface area contributed by atoms with Crippen LogP contribution in [0.15, 0.2) is 5.16 Å². The van der Waals surface area contributed by atoms with Gasteiger partial charge in [0.05, 0.1) is 0 Å². The van der Waals surface area contributed by atoms with Crippen LogP contribution in [0.5, 0.6) is 0 Å². The van der Waals surface area contributed by atoms with Crippen LogP contribution in [0, 0.1) is 5.41 Å².